The molecule has 3 rings (SSSR count). The second-order valence-corrected chi connectivity index (χ2v) is 7.91. The summed E-state index contributed by atoms with van der Waals surface area (Å²) >= 11 is 0. The van der Waals surface area contributed by atoms with Gasteiger partial charge in [-0.1, -0.05) is 60.7 Å². The van der Waals surface area contributed by atoms with E-state index in [0.717, 1.165) is 11.1 Å². The van der Waals surface area contributed by atoms with Crippen molar-refractivity contribution in [1.82, 2.24) is 0 Å². The lowest BCUT2D eigenvalue weighted by Gasteiger charge is -2.50. The van der Waals surface area contributed by atoms with Gasteiger partial charge in [0.05, 0.1) is 0 Å². The van der Waals surface area contributed by atoms with Gasteiger partial charge in [-0.3, -0.25) is 0 Å². The summed E-state index contributed by atoms with van der Waals surface area (Å²) in [4.78, 5) is 0. The third-order valence-electron chi connectivity index (χ3n) is 6.02. The van der Waals surface area contributed by atoms with Crippen LogP contribution in [0.25, 0.3) is 0 Å². The Morgan fingerprint density at radius 2 is 1.54 bits per heavy atom. The predicted molar refractivity (Wildman–Crippen MR) is 105 cm³/mol. The van der Waals surface area contributed by atoms with Crippen LogP contribution >= 0.6 is 0 Å². The SMILES string of the molecule is CCOC1(C(F)(F)F)CCC(N)(Cc2ccccc2)C(Cc2ccccc2)C1. The number of rotatable bonds is 6. The van der Waals surface area contributed by atoms with Gasteiger partial charge in [0, 0.05) is 12.1 Å². The zero-order chi connectivity index (χ0) is 20.3. The van der Waals surface area contributed by atoms with Gasteiger partial charge in [0.2, 0.25) is 0 Å². The number of hydrogen-bond donors (Lipinski definition) is 1. The molecule has 0 heterocycles. The van der Waals surface area contributed by atoms with Gasteiger partial charge >= 0.3 is 6.18 Å². The van der Waals surface area contributed by atoms with Crippen molar-refractivity contribution >= 4 is 0 Å². The van der Waals surface area contributed by atoms with Gasteiger partial charge in [0.15, 0.2) is 5.60 Å². The maximum Gasteiger partial charge on any atom is 0.417 e. The van der Waals surface area contributed by atoms with E-state index >= 15 is 0 Å². The topological polar surface area (TPSA) is 35.2 Å². The number of halogens is 3. The molecule has 3 unspecified atom stereocenters. The summed E-state index contributed by atoms with van der Waals surface area (Å²) in [6, 6.07) is 19.4. The minimum Gasteiger partial charge on any atom is -0.366 e. The fourth-order valence-electron chi connectivity index (χ4n) is 4.47. The second kappa shape index (κ2) is 8.26. The third-order valence-corrected chi connectivity index (χ3v) is 6.02. The summed E-state index contributed by atoms with van der Waals surface area (Å²) in [5.41, 5.74) is 6.06. The van der Waals surface area contributed by atoms with Crippen molar-refractivity contribution in [2.75, 3.05) is 6.61 Å². The van der Waals surface area contributed by atoms with Crippen molar-refractivity contribution in [2.45, 2.75) is 56.3 Å². The Morgan fingerprint density at radius 3 is 2.07 bits per heavy atom. The molecule has 2 aromatic rings. The van der Waals surface area contributed by atoms with E-state index in [9.17, 15) is 13.2 Å². The summed E-state index contributed by atoms with van der Waals surface area (Å²) in [5.74, 6) is -0.336. The van der Waals surface area contributed by atoms with Crippen LogP contribution in [0.3, 0.4) is 0 Å². The monoisotopic (exact) mass is 391 g/mol. The first-order chi connectivity index (χ1) is 13.3. The van der Waals surface area contributed by atoms with E-state index < -0.39 is 17.3 Å². The maximum absolute atomic E-state index is 14.0. The number of alkyl halides is 3. The molecular formula is C23H28F3NO. The zero-order valence-corrected chi connectivity index (χ0v) is 16.2. The summed E-state index contributed by atoms with van der Waals surface area (Å²) in [5, 5.41) is 0. The van der Waals surface area contributed by atoms with Crippen molar-refractivity contribution < 1.29 is 17.9 Å². The fourth-order valence-corrected chi connectivity index (χ4v) is 4.47. The maximum atomic E-state index is 14.0. The normalized spacial score (nSPS) is 28.2. The highest BCUT2D eigenvalue weighted by molar-refractivity contribution is 5.22. The molecule has 152 valence electrons. The average Bonchev–Trinajstić information content (AvgIpc) is 2.66. The molecule has 1 aliphatic carbocycles. The summed E-state index contributed by atoms with van der Waals surface area (Å²) in [6.45, 7) is 1.65. The van der Waals surface area contributed by atoms with E-state index in [1.54, 1.807) is 6.92 Å². The van der Waals surface area contributed by atoms with Gasteiger partial charge in [0.25, 0.3) is 0 Å². The van der Waals surface area contributed by atoms with Crippen LogP contribution in [-0.4, -0.2) is 23.9 Å². The molecule has 1 aliphatic rings. The molecule has 2 nitrogen and oxygen atoms in total. The molecule has 2 N–H and O–H groups in total. The van der Waals surface area contributed by atoms with Crippen LogP contribution in [0, 0.1) is 5.92 Å². The molecule has 0 radical (unpaired) electrons. The Kier molecular flexibility index (Phi) is 6.15. The molecule has 0 aliphatic heterocycles. The first-order valence-corrected chi connectivity index (χ1v) is 9.85. The molecule has 0 bridgehead atoms. The van der Waals surface area contributed by atoms with Crippen LogP contribution in [0.15, 0.2) is 60.7 Å². The smallest absolute Gasteiger partial charge is 0.366 e. The molecule has 0 spiro atoms. The van der Waals surface area contributed by atoms with Crippen LogP contribution < -0.4 is 5.73 Å². The van der Waals surface area contributed by atoms with E-state index in [1.807, 2.05) is 60.7 Å². The number of nitrogens with two attached hydrogens (primary N) is 1. The average molecular weight is 391 g/mol. The Hall–Kier alpha value is -1.85. The molecule has 2 aromatic carbocycles. The summed E-state index contributed by atoms with van der Waals surface area (Å²) in [7, 11) is 0. The minimum atomic E-state index is -4.41. The quantitative estimate of drug-likeness (QED) is 0.725. The Morgan fingerprint density at radius 1 is 0.964 bits per heavy atom. The van der Waals surface area contributed by atoms with Crippen molar-refractivity contribution in [3.63, 3.8) is 0 Å². The van der Waals surface area contributed by atoms with Gasteiger partial charge < -0.3 is 10.5 Å². The highest BCUT2D eigenvalue weighted by atomic mass is 19.4. The van der Waals surface area contributed by atoms with Gasteiger partial charge in [0.1, 0.15) is 0 Å². The lowest BCUT2D eigenvalue weighted by Crippen LogP contribution is -2.62. The first kappa shape index (κ1) is 20.9. The largest absolute Gasteiger partial charge is 0.417 e. The summed E-state index contributed by atoms with van der Waals surface area (Å²) in [6.07, 6.45) is -3.27. The van der Waals surface area contributed by atoms with E-state index in [1.165, 1.54) is 0 Å². The highest BCUT2D eigenvalue weighted by Crippen LogP contribution is 2.50. The molecule has 28 heavy (non-hydrogen) atoms. The van der Waals surface area contributed by atoms with Crippen molar-refractivity contribution in [3.8, 4) is 0 Å². The van der Waals surface area contributed by atoms with E-state index in [-0.39, 0.29) is 31.8 Å². The third kappa shape index (κ3) is 4.41. The first-order valence-electron chi connectivity index (χ1n) is 9.85. The number of ether oxygens (including phenoxy) is 1. The number of hydrogen-bond acceptors (Lipinski definition) is 2. The van der Waals surface area contributed by atoms with E-state index in [2.05, 4.69) is 0 Å². The lowest BCUT2D eigenvalue weighted by atomic mass is 9.63. The molecule has 0 aromatic heterocycles. The lowest BCUT2D eigenvalue weighted by molar-refractivity contribution is -0.295. The van der Waals surface area contributed by atoms with Crippen LogP contribution in [0.5, 0.6) is 0 Å². The van der Waals surface area contributed by atoms with Crippen LogP contribution in [0.2, 0.25) is 0 Å². The Bertz CT molecular complexity index is 749. The Balaban J connectivity index is 1.93. The highest BCUT2D eigenvalue weighted by Gasteiger charge is 2.61. The van der Waals surface area contributed by atoms with E-state index in [0.29, 0.717) is 12.8 Å². The zero-order valence-electron chi connectivity index (χ0n) is 16.2. The fraction of sp³-hybridized carbons (Fsp3) is 0.478. The molecule has 5 heteroatoms. The van der Waals surface area contributed by atoms with Crippen LogP contribution in [-0.2, 0) is 17.6 Å². The predicted octanol–water partition coefficient (Wildman–Crippen LogP) is 5.31. The molecule has 3 atom stereocenters. The van der Waals surface area contributed by atoms with Crippen molar-refractivity contribution in [3.05, 3.63) is 71.8 Å². The van der Waals surface area contributed by atoms with Gasteiger partial charge in [-0.2, -0.15) is 13.2 Å². The second-order valence-electron chi connectivity index (χ2n) is 7.91. The van der Waals surface area contributed by atoms with Gasteiger partial charge in [-0.15, -0.1) is 0 Å². The Labute approximate surface area is 164 Å². The minimum absolute atomic E-state index is 0.0355. The van der Waals surface area contributed by atoms with Crippen LogP contribution in [0.4, 0.5) is 13.2 Å². The standard InChI is InChI=1S/C23H28F3NO/c1-2-28-22(23(24,25)26)14-13-21(27,16-19-11-7-4-8-12-19)20(17-22)15-18-9-5-3-6-10-18/h3-12,20H,2,13-17,27H2,1H3. The molecule has 0 amide bonds. The molecule has 1 fully saturated rings. The van der Waals surface area contributed by atoms with Crippen molar-refractivity contribution in [1.29, 1.82) is 0 Å². The van der Waals surface area contributed by atoms with Gasteiger partial charge in [-0.25, -0.2) is 0 Å². The van der Waals surface area contributed by atoms with E-state index in [4.69, 9.17) is 10.5 Å². The molecular weight excluding hydrogens is 363 g/mol. The van der Waals surface area contributed by atoms with Crippen molar-refractivity contribution in [2.24, 2.45) is 11.7 Å². The molecule has 0 saturated heterocycles. The van der Waals surface area contributed by atoms with Crippen LogP contribution in [0.1, 0.15) is 37.3 Å². The van der Waals surface area contributed by atoms with Gasteiger partial charge in [-0.05, 0) is 56.1 Å². The molecule has 1 saturated carbocycles. The number of benzene rings is 2. The summed E-state index contributed by atoms with van der Waals surface area (Å²) < 4.78 is 47.4.